The van der Waals surface area contributed by atoms with Crippen molar-refractivity contribution in [3.05, 3.63) is 24.3 Å². The van der Waals surface area contributed by atoms with Crippen LogP contribution in [0.15, 0.2) is 24.3 Å². The van der Waals surface area contributed by atoms with Gasteiger partial charge in [-0.2, -0.15) is 0 Å². The lowest BCUT2D eigenvalue weighted by atomic mass is 10.1. The van der Waals surface area contributed by atoms with E-state index in [2.05, 4.69) is 46.2 Å². The van der Waals surface area contributed by atoms with Crippen molar-refractivity contribution in [1.82, 2.24) is 9.88 Å². The normalized spacial score (nSPS) is 15.0. The zero-order valence-corrected chi connectivity index (χ0v) is 21.9. The number of anilines is 3. The van der Waals surface area contributed by atoms with Gasteiger partial charge in [-0.1, -0.05) is 31.5 Å². The van der Waals surface area contributed by atoms with Gasteiger partial charge in [0.1, 0.15) is 11.5 Å². The summed E-state index contributed by atoms with van der Waals surface area (Å²) in [5, 5.41) is 13.4. The van der Waals surface area contributed by atoms with Gasteiger partial charge in [-0.05, 0) is 51.8 Å². The summed E-state index contributed by atoms with van der Waals surface area (Å²) in [6.07, 6.45) is 6.92. The number of hydrogen-bond donors (Lipinski definition) is 3. The van der Waals surface area contributed by atoms with Gasteiger partial charge < -0.3 is 35.4 Å². The minimum absolute atomic E-state index is 0.0346. The van der Waals surface area contributed by atoms with Gasteiger partial charge in [0, 0.05) is 25.1 Å². The molecule has 9 heteroatoms. The minimum Gasteiger partial charge on any atom is -0.481 e. The minimum atomic E-state index is -0.840. The zero-order chi connectivity index (χ0) is 25.8. The summed E-state index contributed by atoms with van der Waals surface area (Å²) in [5.41, 5.74) is 9.49. The van der Waals surface area contributed by atoms with Gasteiger partial charge in [0.15, 0.2) is 0 Å². The van der Waals surface area contributed by atoms with Crippen LogP contribution >= 0.6 is 0 Å². The fraction of sp³-hybridized carbons (Fsp3) is 0.630. The molecular formula is C27H43N5O4. The molecule has 0 amide bonds. The van der Waals surface area contributed by atoms with Gasteiger partial charge in [-0.25, -0.2) is 4.98 Å². The van der Waals surface area contributed by atoms with E-state index >= 15 is 0 Å². The zero-order valence-electron chi connectivity index (χ0n) is 21.9. The summed E-state index contributed by atoms with van der Waals surface area (Å²) in [5.74, 6) is -0.255. The molecule has 200 valence electrons. The van der Waals surface area contributed by atoms with Crippen molar-refractivity contribution in [1.29, 1.82) is 0 Å². The number of nitrogens with two attached hydrogens (primary N) is 1. The second kappa shape index (κ2) is 14.8. The maximum absolute atomic E-state index is 10.4. The molecule has 0 spiro atoms. The highest BCUT2D eigenvalue weighted by Crippen LogP contribution is 2.44. The first-order valence-corrected chi connectivity index (χ1v) is 13.3. The molecule has 2 heterocycles. The number of nitrogens with zero attached hydrogens (tertiary/aromatic N) is 3. The van der Waals surface area contributed by atoms with E-state index < -0.39 is 5.97 Å². The highest BCUT2D eigenvalue weighted by molar-refractivity contribution is 6.04. The smallest absolute Gasteiger partial charge is 0.305 e. The van der Waals surface area contributed by atoms with E-state index in [0.717, 1.165) is 61.9 Å². The summed E-state index contributed by atoms with van der Waals surface area (Å²) in [6.45, 7) is 7.11. The largest absolute Gasteiger partial charge is 0.481 e. The SMILES string of the molecule is CCCCC1Nc2c(N)nc3ccccc3c2N1CCCCN(C)CCCOCCOCCC(=O)O. The molecule has 0 bridgehead atoms. The third-order valence-corrected chi connectivity index (χ3v) is 6.55. The Morgan fingerprint density at radius 3 is 2.64 bits per heavy atom. The van der Waals surface area contributed by atoms with Gasteiger partial charge >= 0.3 is 5.97 Å². The highest BCUT2D eigenvalue weighted by Gasteiger charge is 2.31. The second-order valence-corrected chi connectivity index (χ2v) is 9.47. The number of aliphatic carboxylic acids is 1. The number of fused-ring (bicyclic) bond motifs is 3. The van der Waals surface area contributed by atoms with Crippen LogP contribution in [0.1, 0.15) is 51.9 Å². The number of carbonyl (C=O) groups is 1. The standard InChI is InChI=1S/C27H43N5O4/c1-3-4-12-23-30-25-26(21-10-5-6-11-22(21)29-27(25)28)32(23)16-8-7-14-31(2)15-9-17-35-19-20-36-18-13-24(33)34/h5-6,10-11,23,30H,3-4,7-9,12-20H2,1-2H3,(H2,28,29)(H,33,34). The van der Waals surface area contributed by atoms with E-state index in [-0.39, 0.29) is 19.2 Å². The number of carboxylic acids is 1. The molecule has 0 saturated carbocycles. The molecule has 2 aromatic rings. The molecule has 0 saturated heterocycles. The summed E-state index contributed by atoms with van der Waals surface area (Å²) in [7, 11) is 2.16. The molecule has 0 radical (unpaired) electrons. The maximum atomic E-state index is 10.4. The molecule has 3 rings (SSSR count). The third kappa shape index (κ3) is 8.21. The predicted octanol–water partition coefficient (Wildman–Crippen LogP) is 4.18. The molecule has 1 atom stereocenters. The summed E-state index contributed by atoms with van der Waals surface area (Å²) >= 11 is 0. The molecule has 1 aliphatic rings. The fourth-order valence-electron chi connectivity index (χ4n) is 4.64. The van der Waals surface area contributed by atoms with Crippen molar-refractivity contribution >= 4 is 34.1 Å². The van der Waals surface area contributed by atoms with Gasteiger partial charge in [0.25, 0.3) is 0 Å². The van der Waals surface area contributed by atoms with Crippen LogP contribution in [-0.4, -0.2) is 80.2 Å². The van der Waals surface area contributed by atoms with Crippen LogP contribution in [0, 0.1) is 0 Å². The van der Waals surface area contributed by atoms with Crippen LogP contribution in [0.5, 0.6) is 0 Å². The van der Waals surface area contributed by atoms with Crippen LogP contribution in [-0.2, 0) is 14.3 Å². The molecule has 0 fully saturated rings. The quantitative estimate of drug-likeness (QED) is 0.259. The molecule has 1 aromatic carbocycles. The van der Waals surface area contributed by atoms with Crippen LogP contribution in [0.25, 0.3) is 10.9 Å². The van der Waals surface area contributed by atoms with Gasteiger partial charge in [-0.15, -0.1) is 0 Å². The van der Waals surface area contributed by atoms with E-state index in [9.17, 15) is 4.79 Å². The Morgan fingerprint density at radius 1 is 1.11 bits per heavy atom. The van der Waals surface area contributed by atoms with Crippen molar-refractivity contribution in [2.75, 3.05) is 69.1 Å². The number of carboxylic acid groups (broad SMARTS) is 1. The van der Waals surface area contributed by atoms with Crippen LogP contribution in [0.2, 0.25) is 0 Å². The number of hydrogen-bond acceptors (Lipinski definition) is 8. The maximum Gasteiger partial charge on any atom is 0.305 e. The first-order chi connectivity index (χ1) is 17.5. The highest BCUT2D eigenvalue weighted by atomic mass is 16.5. The Bertz CT molecular complexity index is 957. The Balaban J connectivity index is 1.40. The number of rotatable bonds is 18. The first kappa shape index (κ1) is 28.0. The lowest BCUT2D eigenvalue weighted by Gasteiger charge is -2.28. The fourth-order valence-corrected chi connectivity index (χ4v) is 4.64. The van der Waals surface area contributed by atoms with Gasteiger partial charge in [0.05, 0.1) is 43.6 Å². The van der Waals surface area contributed by atoms with Crippen molar-refractivity contribution < 1.29 is 19.4 Å². The number of nitrogens with one attached hydrogen (secondary N) is 1. The van der Waals surface area contributed by atoms with E-state index in [1.807, 2.05) is 12.1 Å². The van der Waals surface area contributed by atoms with Gasteiger partial charge in [0.2, 0.25) is 0 Å². The number of para-hydroxylation sites is 1. The number of unbranched alkanes of at least 4 members (excludes halogenated alkanes) is 2. The lowest BCUT2D eigenvalue weighted by molar-refractivity contribution is -0.138. The van der Waals surface area contributed by atoms with E-state index in [1.54, 1.807) is 0 Å². The average molecular weight is 502 g/mol. The second-order valence-electron chi connectivity index (χ2n) is 9.47. The number of benzene rings is 1. The number of nitrogen functional groups attached to an aromatic ring is 1. The van der Waals surface area contributed by atoms with E-state index in [0.29, 0.717) is 25.6 Å². The van der Waals surface area contributed by atoms with Crippen LogP contribution in [0.3, 0.4) is 0 Å². The number of pyridine rings is 1. The summed E-state index contributed by atoms with van der Waals surface area (Å²) < 4.78 is 10.8. The van der Waals surface area contributed by atoms with Crippen LogP contribution < -0.4 is 16.0 Å². The van der Waals surface area contributed by atoms with Crippen molar-refractivity contribution in [2.24, 2.45) is 0 Å². The summed E-state index contributed by atoms with van der Waals surface area (Å²) in [6, 6.07) is 8.27. The molecule has 1 aliphatic heterocycles. The van der Waals surface area contributed by atoms with Gasteiger partial charge in [-0.3, -0.25) is 4.79 Å². The molecule has 9 nitrogen and oxygen atoms in total. The van der Waals surface area contributed by atoms with Crippen molar-refractivity contribution in [2.45, 2.75) is 58.0 Å². The lowest BCUT2D eigenvalue weighted by Crippen LogP contribution is -2.36. The molecular weight excluding hydrogens is 458 g/mol. The molecule has 1 aromatic heterocycles. The Kier molecular flexibility index (Phi) is 11.5. The third-order valence-electron chi connectivity index (χ3n) is 6.55. The summed E-state index contributed by atoms with van der Waals surface area (Å²) in [4.78, 5) is 19.9. The Hall–Kier alpha value is -2.62. The Morgan fingerprint density at radius 2 is 1.86 bits per heavy atom. The molecule has 0 aliphatic carbocycles. The van der Waals surface area contributed by atoms with Crippen LogP contribution in [0.4, 0.5) is 17.2 Å². The Labute approximate surface area is 214 Å². The van der Waals surface area contributed by atoms with Crippen molar-refractivity contribution in [3.8, 4) is 0 Å². The van der Waals surface area contributed by atoms with E-state index in [4.69, 9.17) is 20.3 Å². The number of aromatic nitrogens is 1. The van der Waals surface area contributed by atoms with E-state index in [1.165, 1.54) is 18.5 Å². The van der Waals surface area contributed by atoms with Crippen molar-refractivity contribution in [3.63, 3.8) is 0 Å². The molecule has 1 unspecified atom stereocenters. The predicted molar refractivity (Wildman–Crippen MR) is 146 cm³/mol. The first-order valence-electron chi connectivity index (χ1n) is 13.3. The average Bonchev–Trinajstić information content (AvgIpc) is 3.23. The number of ether oxygens (including phenoxy) is 2. The molecule has 36 heavy (non-hydrogen) atoms. The molecule has 4 N–H and O–H groups in total. The topological polar surface area (TPSA) is 113 Å². The monoisotopic (exact) mass is 501 g/mol.